The van der Waals surface area contributed by atoms with Gasteiger partial charge in [-0.2, -0.15) is 0 Å². The zero-order valence-electron chi connectivity index (χ0n) is 14.0. The van der Waals surface area contributed by atoms with Gasteiger partial charge in [-0.05, 0) is 41.8 Å². The number of hydrogen-bond acceptors (Lipinski definition) is 2. The Morgan fingerprint density at radius 1 is 0.652 bits per heavy atom. The average Bonchev–Trinajstić information content (AvgIpc) is 2.57. The third-order valence-corrected chi connectivity index (χ3v) is 4.44. The molecule has 2 aromatic carbocycles. The fraction of sp³-hybridized carbons (Fsp3) is 0.429. The van der Waals surface area contributed by atoms with E-state index in [1.165, 1.54) is 49.7 Å². The van der Waals surface area contributed by atoms with Crippen molar-refractivity contribution in [2.24, 2.45) is 0 Å². The largest absolute Gasteiger partial charge is 0.508 e. The lowest BCUT2D eigenvalue weighted by Crippen LogP contribution is -2.01. The predicted molar refractivity (Wildman–Crippen MR) is 96.0 cm³/mol. The van der Waals surface area contributed by atoms with Crippen LogP contribution in [0.5, 0.6) is 11.5 Å². The standard InChI is InChI=1S/C21H28O2/c1-2-3-4-5-6-7-8-21(17-9-13-19(22)14-10-17)18-11-15-20(23)16-12-18/h9-16,21-23H,2-8H2,1H3. The van der Waals surface area contributed by atoms with Crippen molar-refractivity contribution >= 4 is 0 Å². The summed E-state index contributed by atoms with van der Waals surface area (Å²) >= 11 is 0. The smallest absolute Gasteiger partial charge is 0.115 e. The summed E-state index contributed by atoms with van der Waals surface area (Å²) in [5.74, 6) is 0.929. The van der Waals surface area contributed by atoms with Gasteiger partial charge in [0.15, 0.2) is 0 Å². The summed E-state index contributed by atoms with van der Waals surface area (Å²) in [6.07, 6.45) is 8.83. The zero-order chi connectivity index (χ0) is 16.5. The van der Waals surface area contributed by atoms with Crippen molar-refractivity contribution in [3.8, 4) is 11.5 Å². The topological polar surface area (TPSA) is 40.5 Å². The number of phenols is 2. The van der Waals surface area contributed by atoms with Crippen LogP contribution in [0.4, 0.5) is 0 Å². The lowest BCUT2D eigenvalue weighted by molar-refractivity contribution is 0.474. The van der Waals surface area contributed by atoms with Crippen LogP contribution in [0.2, 0.25) is 0 Å². The van der Waals surface area contributed by atoms with Crippen LogP contribution in [0.3, 0.4) is 0 Å². The molecule has 0 saturated carbocycles. The molecule has 0 fully saturated rings. The molecule has 0 radical (unpaired) electrons. The van der Waals surface area contributed by atoms with Gasteiger partial charge < -0.3 is 10.2 Å². The summed E-state index contributed by atoms with van der Waals surface area (Å²) in [6.45, 7) is 2.24. The maximum atomic E-state index is 9.51. The molecule has 2 nitrogen and oxygen atoms in total. The minimum atomic E-state index is 0.303. The number of hydrogen-bond donors (Lipinski definition) is 2. The highest BCUT2D eigenvalue weighted by atomic mass is 16.3. The van der Waals surface area contributed by atoms with Crippen molar-refractivity contribution in [3.63, 3.8) is 0 Å². The van der Waals surface area contributed by atoms with Gasteiger partial charge in [0.25, 0.3) is 0 Å². The van der Waals surface area contributed by atoms with Crippen LogP contribution in [0.25, 0.3) is 0 Å². The molecule has 0 spiro atoms. The van der Waals surface area contributed by atoms with Crippen molar-refractivity contribution in [1.29, 1.82) is 0 Å². The molecule has 0 heterocycles. The van der Waals surface area contributed by atoms with E-state index in [1.54, 1.807) is 24.3 Å². The maximum Gasteiger partial charge on any atom is 0.115 e. The van der Waals surface area contributed by atoms with Crippen molar-refractivity contribution < 1.29 is 10.2 Å². The number of benzene rings is 2. The number of rotatable bonds is 9. The van der Waals surface area contributed by atoms with E-state index in [1.807, 2.05) is 24.3 Å². The van der Waals surface area contributed by atoms with E-state index in [-0.39, 0.29) is 0 Å². The SMILES string of the molecule is CCCCCCCCC(c1ccc(O)cc1)c1ccc(O)cc1. The van der Waals surface area contributed by atoms with E-state index in [0.29, 0.717) is 17.4 Å². The molecule has 23 heavy (non-hydrogen) atoms. The molecule has 0 unspecified atom stereocenters. The Morgan fingerprint density at radius 3 is 1.57 bits per heavy atom. The van der Waals surface area contributed by atoms with Crippen LogP contribution in [0.1, 0.15) is 68.9 Å². The molecule has 0 bridgehead atoms. The van der Waals surface area contributed by atoms with E-state index < -0.39 is 0 Å². The van der Waals surface area contributed by atoms with Crippen LogP contribution in [0, 0.1) is 0 Å². The molecule has 0 aromatic heterocycles. The van der Waals surface area contributed by atoms with E-state index >= 15 is 0 Å². The van der Waals surface area contributed by atoms with Crippen molar-refractivity contribution in [3.05, 3.63) is 59.7 Å². The van der Waals surface area contributed by atoms with Crippen molar-refractivity contribution in [2.45, 2.75) is 57.8 Å². The van der Waals surface area contributed by atoms with Crippen molar-refractivity contribution in [2.75, 3.05) is 0 Å². The first-order valence-electron chi connectivity index (χ1n) is 8.78. The minimum absolute atomic E-state index is 0.303. The Balaban J connectivity index is 2.02. The molecular weight excluding hydrogens is 284 g/mol. The normalized spacial score (nSPS) is 11.0. The lowest BCUT2D eigenvalue weighted by atomic mass is 9.86. The van der Waals surface area contributed by atoms with E-state index in [2.05, 4.69) is 6.92 Å². The van der Waals surface area contributed by atoms with Gasteiger partial charge >= 0.3 is 0 Å². The second-order valence-electron chi connectivity index (χ2n) is 6.29. The van der Waals surface area contributed by atoms with Crippen molar-refractivity contribution in [1.82, 2.24) is 0 Å². The van der Waals surface area contributed by atoms with E-state index in [4.69, 9.17) is 0 Å². The quantitative estimate of drug-likeness (QED) is 0.559. The average molecular weight is 312 g/mol. The summed E-state index contributed by atoms with van der Waals surface area (Å²) in [7, 11) is 0. The fourth-order valence-corrected chi connectivity index (χ4v) is 3.07. The fourth-order valence-electron chi connectivity index (χ4n) is 3.07. The summed E-state index contributed by atoms with van der Waals surface area (Å²) in [5.41, 5.74) is 2.45. The Morgan fingerprint density at radius 2 is 1.09 bits per heavy atom. The number of unbranched alkanes of at least 4 members (excludes halogenated alkanes) is 5. The highest BCUT2D eigenvalue weighted by Gasteiger charge is 2.14. The molecule has 0 aliphatic rings. The Kier molecular flexibility index (Phi) is 6.99. The summed E-state index contributed by atoms with van der Waals surface area (Å²) in [4.78, 5) is 0. The molecule has 2 heteroatoms. The maximum absolute atomic E-state index is 9.51. The molecule has 0 atom stereocenters. The first kappa shape index (κ1) is 17.4. The van der Waals surface area contributed by atoms with Gasteiger partial charge in [-0.25, -0.2) is 0 Å². The summed E-state index contributed by atoms with van der Waals surface area (Å²) < 4.78 is 0. The monoisotopic (exact) mass is 312 g/mol. The van der Waals surface area contributed by atoms with Crippen LogP contribution in [0.15, 0.2) is 48.5 Å². The van der Waals surface area contributed by atoms with E-state index in [0.717, 1.165) is 6.42 Å². The third-order valence-electron chi connectivity index (χ3n) is 4.44. The van der Waals surface area contributed by atoms with Gasteiger partial charge in [-0.15, -0.1) is 0 Å². The molecule has 0 amide bonds. The van der Waals surface area contributed by atoms with Gasteiger partial charge in [0.05, 0.1) is 0 Å². The van der Waals surface area contributed by atoms with Gasteiger partial charge in [0, 0.05) is 5.92 Å². The molecule has 0 aliphatic carbocycles. The van der Waals surface area contributed by atoms with Gasteiger partial charge in [0.2, 0.25) is 0 Å². The minimum Gasteiger partial charge on any atom is -0.508 e. The molecule has 2 N–H and O–H groups in total. The predicted octanol–water partition coefficient (Wildman–Crippen LogP) is 5.98. The van der Waals surface area contributed by atoms with Crippen LogP contribution in [-0.4, -0.2) is 10.2 Å². The highest BCUT2D eigenvalue weighted by Crippen LogP contribution is 2.32. The molecule has 2 rings (SSSR count). The Hall–Kier alpha value is -1.96. The zero-order valence-corrected chi connectivity index (χ0v) is 14.0. The first-order valence-corrected chi connectivity index (χ1v) is 8.78. The molecule has 0 aliphatic heterocycles. The van der Waals surface area contributed by atoms with Gasteiger partial charge in [-0.3, -0.25) is 0 Å². The van der Waals surface area contributed by atoms with Crippen LogP contribution in [-0.2, 0) is 0 Å². The van der Waals surface area contributed by atoms with Gasteiger partial charge in [0.1, 0.15) is 11.5 Å². The number of phenolic OH excluding ortho intramolecular Hbond substituents is 2. The molecule has 2 aromatic rings. The molecular formula is C21H28O2. The van der Waals surface area contributed by atoms with Crippen LogP contribution < -0.4 is 0 Å². The van der Waals surface area contributed by atoms with E-state index in [9.17, 15) is 10.2 Å². The Labute approximate surface area is 139 Å². The first-order chi connectivity index (χ1) is 11.2. The second-order valence-corrected chi connectivity index (χ2v) is 6.29. The van der Waals surface area contributed by atoms with Crippen LogP contribution >= 0.6 is 0 Å². The summed E-state index contributed by atoms with van der Waals surface area (Å²) in [5, 5.41) is 19.0. The number of aromatic hydroxyl groups is 2. The lowest BCUT2D eigenvalue weighted by Gasteiger charge is -2.18. The van der Waals surface area contributed by atoms with Gasteiger partial charge in [-0.1, -0.05) is 69.7 Å². The third kappa shape index (κ3) is 5.63. The second kappa shape index (κ2) is 9.24. The summed E-state index contributed by atoms with van der Waals surface area (Å²) in [6, 6.07) is 15.0. The Bertz CT molecular complexity index is 512. The molecule has 124 valence electrons. The molecule has 0 saturated heterocycles. The highest BCUT2D eigenvalue weighted by molar-refractivity contribution is 5.37.